The molecule has 1 saturated heterocycles. The standard InChI is InChI=1S/C36H32O15/c37-13-24-29(43)32(46)33(47)36(51-24)48-19-11-21(42)26-23(12-19)50-35(15-3-7-17(39)8-4-15)28(31(26)45)27-30(44)25-20(41)9-18(40)10-22(25)49-34(27)14-1-5-16(38)6-2-14/h1-12,24,27-29,32-43,46-47H,13H2/t24-,27+,28+,29-,32+,33-,34-,35-,36-/m1/s1. The number of phenolic OH excluding ortho intramolecular Hbond substituents is 5. The van der Waals surface area contributed by atoms with Gasteiger partial charge in [0.15, 0.2) is 11.6 Å². The van der Waals surface area contributed by atoms with Crippen LogP contribution in [0.15, 0.2) is 72.8 Å². The highest BCUT2D eigenvalue weighted by atomic mass is 16.7. The van der Waals surface area contributed by atoms with Crippen LogP contribution in [0.25, 0.3) is 0 Å². The summed E-state index contributed by atoms with van der Waals surface area (Å²) in [6, 6.07) is 15.6. The Labute approximate surface area is 288 Å². The maximum absolute atomic E-state index is 14.7. The monoisotopic (exact) mass is 704 g/mol. The number of phenols is 5. The van der Waals surface area contributed by atoms with Gasteiger partial charge < -0.3 is 64.9 Å². The predicted molar refractivity (Wildman–Crippen MR) is 171 cm³/mol. The van der Waals surface area contributed by atoms with Crippen LogP contribution in [0.1, 0.15) is 44.1 Å². The average molecular weight is 705 g/mol. The van der Waals surface area contributed by atoms with E-state index >= 15 is 0 Å². The van der Waals surface area contributed by atoms with Gasteiger partial charge in [0.05, 0.1) is 18.4 Å². The van der Waals surface area contributed by atoms with Gasteiger partial charge >= 0.3 is 0 Å². The third-order valence-corrected chi connectivity index (χ3v) is 9.31. The summed E-state index contributed by atoms with van der Waals surface area (Å²) < 4.78 is 23.7. The number of Topliss-reactive ketones (excluding diaryl/α,β-unsaturated/α-hetero) is 2. The van der Waals surface area contributed by atoms with Crippen LogP contribution in [0, 0.1) is 11.8 Å². The van der Waals surface area contributed by atoms with Crippen molar-refractivity contribution in [3.8, 4) is 46.0 Å². The number of aromatic hydroxyl groups is 5. The third-order valence-electron chi connectivity index (χ3n) is 9.31. The Morgan fingerprint density at radius 2 is 1.08 bits per heavy atom. The van der Waals surface area contributed by atoms with E-state index in [0.717, 1.165) is 18.2 Å². The van der Waals surface area contributed by atoms with E-state index in [1.54, 1.807) is 0 Å². The second kappa shape index (κ2) is 12.9. The zero-order chi connectivity index (χ0) is 36.3. The van der Waals surface area contributed by atoms with Gasteiger partial charge in [0.2, 0.25) is 6.29 Å². The van der Waals surface area contributed by atoms with Crippen molar-refractivity contribution in [3.63, 3.8) is 0 Å². The van der Waals surface area contributed by atoms with Crippen molar-refractivity contribution in [3.05, 3.63) is 95.1 Å². The minimum absolute atomic E-state index is 0.0900. The zero-order valence-electron chi connectivity index (χ0n) is 26.3. The van der Waals surface area contributed by atoms with E-state index in [-0.39, 0.29) is 45.6 Å². The first-order valence-corrected chi connectivity index (χ1v) is 15.8. The van der Waals surface area contributed by atoms with Gasteiger partial charge in [0.1, 0.15) is 93.7 Å². The highest BCUT2D eigenvalue weighted by Gasteiger charge is 2.54. The summed E-state index contributed by atoms with van der Waals surface area (Å²) in [5, 5.41) is 92.6. The van der Waals surface area contributed by atoms with Crippen LogP contribution in [0.5, 0.6) is 46.0 Å². The van der Waals surface area contributed by atoms with Crippen LogP contribution in [0.2, 0.25) is 0 Å². The molecule has 0 aliphatic carbocycles. The van der Waals surface area contributed by atoms with Gasteiger partial charge in [-0.1, -0.05) is 24.3 Å². The van der Waals surface area contributed by atoms with E-state index < -0.39 is 84.4 Å². The van der Waals surface area contributed by atoms with Crippen molar-refractivity contribution in [1.29, 1.82) is 0 Å². The van der Waals surface area contributed by atoms with Crippen molar-refractivity contribution in [2.75, 3.05) is 6.61 Å². The second-order valence-electron chi connectivity index (χ2n) is 12.5. The van der Waals surface area contributed by atoms with Crippen LogP contribution in [-0.4, -0.2) is 94.8 Å². The van der Waals surface area contributed by atoms with Crippen molar-refractivity contribution in [2.45, 2.75) is 42.9 Å². The predicted octanol–water partition coefficient (Wildman–Crippen LogP) is 1.96. The van der Waals surface area contributed by atoms with Gasteiger partial charge in [-0.3, -0.25) is 9.59 Å². The quantitative estimate of drug-likeness (QED) is 0.139. The first-order valence-electron chi connectivity index (χ1n) is 15.8. The van der Waals surface area contributed by atoms with Gasteiger partial charge in [0, 0.05) is 24.3 Å². The molecule has 9 N–H and O–H groups in total. The van der Waals surface area contributed by atoms with E-state index in [1.807, 2.05) is 0 Å². The molecule has 3 aliphatic heterocycles. The molecule has 3 aliphatic rings. The Kier molecular flexibility index (Phi) is 8.61. The lowest BCUT2D eigenvalue weighted by molar-refractivity contribution is -0.277. The highest BCUT2D eigenvalue weighted by molar-refractivity contribution is 6.11. The van der Waals surface area contributed by atoms with E-state index in [9.17, 15) is 55.5 Å². The van der Waals surface area contributed by atoms with Crippen molar-refractivity contribution in [1.82, 2.24) is 0 Å². The third kappa shape index (κ3) is 5.90. The molecular formula is C36H32O15. The van der Waals surface area contributed by atoms with Crippen molar-refractivity contribution < 1.29 is 74.5 Å². The van der Waals surface area contributed by atoms with Crippen LogP contribution in [0.4, 0.5) is 0 Å². The topological polar surface area (TPSA) is 253 Å². The molecule has 51 heavy (non-hydrogen) atoms. The fraction of sp³-hybridized carbons (Fsp3) is 0.278. The van der Waals surface area contributed by atoms with E-state index in [0.29, 0.717) is 11.1 Å². The van der Waals surface area contributed by atoms with Crippen molar-refractivity contribution in [2.24, 2.45) is 11.8 Å². The van der Waals surface area contributed by atoms with Crippen LogP contribution < -0.4 is 14.2 Å². The fourth-order valence-corrected chi connectivity index (χ4v) is 6.82. The maximum Gasteiger partial charge on any atom is 0.229 e. The number of aliphatic hydroxyl groups is 4. The minimum atomic E-state index is -1.78. The number of hydrogen-bond acceptors (Lipinski definition) is 15. The molecule has 3 heterocycles. The van der Waals surface area contributed by atoms with E-state index in [1.165, 1.54) is 54.6 Å². The molecule has 7 rings (SSSR count). The number of ether oxygens (including phenoxy) is 4. The molecule has 0 amide bonds. The lowest BCUT2D eigenvalue weighted by atomic mass is 9.69. The number of rotatable bonds is 6. The second-order valence-corrected chi connectivity index (χ2v) is 12.5. The molecule has 0 radical (unpaired) electrons. The molecule has 0 saturated carbocycles. The van der Waals surface area contributed by atoms with Crippen molar-refractivity contribution >= 4 is 11.6 Å². The number of carbonyl (C=O) groups excluding carboxylic acids is 2. The molecule has 266 valence electrons. The lowest BCUT2D eigenvalue weighted by Crippen LogP contribution is -2.60. The molecule has 4 aromatic carbocycles. The fourth-order valence-electron chi connectivity index (χ4n) is 6.82. The summed E-state index contributed by atoms with van der Waals surface area (Å²) in [6.07, 6.45) is -10.7. The number of aliphatic hydroxyl groups excluding tert-OH is 4. The first kappa shape index (κ1) is 33.9. The van der Waals surface area contributed by atoms with E-state index in [2.05, 4.69) is 0 Å². The number of benzene rings is 4. The molecule has 1 fully saturated rings. The first-order chi connectivity index (χ1) is 24.4. The molecule has 0 unspecified atom stereocenters. The Balaban J connectivity index is 1.34. The largest absolute Gasteiger partial charge is 0.508 e. The summed E-state index contributed by atoms with van der Waals surface area (Å²) >= 11 is 0. The average Bonchev–Trinajstić information content (AvgIpc) is 3.09. The van der Waals surface area contributed by atoms with Gasteiger partial charge in [-0.15, -0.1) is 0 Å². The molecule has 0 bridgehead atoms. The van der Waals surface area contributed by atoms with Gasteiger partial charge in [-0.2, -0.15) is 0 Å². The summed E-state index contributed by atoms with van der Waals surface area (Å²) in [4.78, 5) is 29.2. The number of fused-ring (bicyclic) bond motifs is 2. The molecular weight excluding hydrogens is 672 g/mol. The summed E-state index contributed by atoms with van der Waals surface area (Å²) in [6.45, 7) is -0.717. The summed E-state index contributed by atoms with van der Waals surface area (Å²) in [5.74, 6) is -6.86. The number of hydrogen-bond donors (Lipinski definition) is 9. The van der Waals surface area contributed by atoms with Gasteiger partial charge in [-0.05, 0) is 35.4 Å². The summed E-state index contributed by atoms with van der Waals surface area (Å²) in [7, 11) is 0. The lowest BCUT2D eigenvalue weighted by Gasteiger charge is -2.42. The van der Waals surface area contributed by atoms with Gasteiger partial charge in [-0.25, -0.2) is 0 Å². The molecule has 9 atom stereocenters. The normalized spacial score (nSPS) is 28.6. The Bertz CT molecular complexity index is 1980. The summed E-state index contributed by atoms with van der Waals surface area (Å²) in [5.41, 5.74) is 0.00209. The molecule has 4 aromatic rings. The number of ketones is 2. The molecule has 0 aromatic heterocycles. The van der Waals surface area contributed by atoms with Crippen LogP contribution >= 0.6 is 0 Å². The highest BCUT2D eigenvalue weighted by Crippen LogP contribution is 2.54. The van der Waals surface area contributed by atoms with Crippen LogP contribution in [0.3, 0.4) is 0 Å². The van der Waals surface area contributed by atoms with Gasteiger partial charge in [0.25, 0.3) is 0 Å². The zero-order valence-corrected chi connectivity index (χ0v) is 26.3. The Morgan fingerprint density at radius 3 is 1.59 bits per heavy atom. The molecule has 15 nitrogen and oxygen atoms in total. The minimum Gasteiger partial charge on any atom is -0.508 e. The van der Waals surface area contributed by atoms with E-state index in [4.69, 9.17) is 18.9 Å². The SMILES string of the molecule is O=C1c2c(O)cc(O)cc2O[C@H](c2ccc(O)cc2)[C@H]1[C@H]1C(=O)c2c(O)cc(O[C@@H]3O[C@H](CO)[C@@H](O)[C@H](O)[C@H]3O)cc2O[C@@H]1c1ccc(O)cc1. The maximum atomic E-state index is 14.7. The molecule has 15 heteroatoms. The Morgan fingerprint density at radius 1 is 0.588 bits per heavy atom. The molecule has 0 spiro atoms. The number of carbonyl (C=O) groups is 2. The Hall–Kier alpha value is -5.58. The smallest absolute Gasteiger partial charge is 0.229 e. The van der Waals surface area contributed by atoms with Crippen LogP contribution in [-0.2, 0) is 4.74 Å².